The van der Waals surface area contributed by atoms with Crippen LogP contribution in [0.4, 0.5) is 18.9 Å². The van der Waals surface area contributed by atoms with Crippen LogP contribution in [0.2, 0.25) is 0 Å². The monoisotopic (exact) mass is 381 g/mol. The van der Waals surface area contributed by atoms with Gasteiger partial charge in [0.1, 0.15) is 0 Å². The van der Waals surface area contributed by atoms with Crippen molar-refractivity contribution < 1.29 is 18.0 Å². The van der Waals surface area contributed by atoms with Crippen LogP contribution in [-0.2, 0) is 17.5 Å². The average Bonchev–Trinajstić information content (AvgIpc) is 2.70. The molecule has 1 aliphatic heterocycles. The lowest BCUT2D eigenvalue weighted by Crippen LogP contribution is -2.36. The van der Waals surface area contributed by atoms with Gasteiger partial charge in [-0.15, -0.1) is 0 Å². The zero-order valence-corrected chi connectivity index (χ0v) is 15.0. The van der Waals surface area contributed by atoms with Gasteiger partial charge in [-0.05, 0) is 28.8 Å². The van der Waals surface area contributed by atoms with E-state index in [9.17, 15) is 18.0 Å². The number of carbonyl (C=O) groups excluding carboxylic acids is 1. The van der Waals surface area contributed by atoms with Gasteiger partial charge in [0.2, 0.25) is 5.91 Å². The van der Waals surface area contributed by atoms with Crippen LogP contribution in [0.15, 0.2) is 78.9 Å². The van der Waals surface area contributed by atoms with Crippen molar-refractivity contribution in [3.63, 3.8) is 0 Å². The van der Waals surface area contributed by atoms with E-state index in [4.69, 9.17) is 0 Å². The summed E-state index contributed by atoms with van der Waals surface area (Å²) in [6, 6.07) is 22.5. The summed E-state index contributed by atoms with van der Waals surface area (Å²) >= 11 is 0. The first-order valence-corrected chi connectivity index (χ1v) is 9.04. The molecule has 1 amide bonds. The lowest BCUT2D eigenvalue weighted by atomic mass is 9.83. The van der Waals surface area contributed by atoms with Crippen molar-refractivity contribution in [3.8, 4) is 0 Å². The molecule has 0 bridgehead atoms. The molecule has 2 nitrogen and oxygen atoms in total. The Morgan fingerprint density at radius 1 is 0.893 bits per heavy atom. The fourth-order valence-electron chi connectivity index (χ4n) is 3.70. The maximum Gasteiger partial charge on any atom is 0.416 e. The molecule has 3 aromatic carbocycles. The van der Waals surface area contributed by atoms with Crippen molar-refractivity contribution in [3.05, 3.63) is 101 Å². The summed E-state index contributed by atoms with van der Waals surface area (Å²) in [5.41, 5.74) is 2.14. The van der Waals surface area contributed by atoms with Crippen LogP contribution in [0.1, 0.15) is 34.6 Å². The standard InChI is InChI=1S/C23H18F3NO/c24-23(25,26)18-11-12-19-20(17-9-5-2-6-10-17)14-22(28)27(21(19)13-18)15-16-7-3-1-4-8-16/h1-13,20H,14-15H2. The van der Waals surface area contributed by atoms with Gasteiger partial charge < -0.3 is 4.90 Å². The Kier molecular flexibility index (Phi) is 4.67. The van der Waals surface area contributed by atoms with E-state index in [1.807, 2.05) is 60.7 Å². The Morgan fingerprint density at radius 3 is 2.18 bits per heavy atom. The molecule has 3 aromatic rings. The molecule has 0 aromatic heterocycles. The van der Waals surface area contributed by atoms with Crippen LogP contribution in [0, 0.1) is 0 Å². The van der Waals surface area contributed by atoms with Gasteiger partial charge in [-0.2, -0.15) is 13.2 Å². The van der Waals surface area contributed by atoms with Gasteiger partial charge in [0.25, 0.3) is 0 Å². The SMILES string of the molecule is O=C1CC(c2ccccc2)c2ccc(C(F)(F)F)cc2N1Cc1ccccc1. The van der Waals surface area contributed by atoms with Gasteiger partial charge in [0.05, 0.1) is 12.1 Å². The minimum atomic E-state index is -4.46. The third kappa shape index (κ3) is 3.52. The molecule has 5 heteroatoms. The Balaban J connectivity index is 1.82. The summed E-state index contributed by atoms with van der Waals surface area (Å²) in [4.78, 5) is 14.4. The normalized spacial score (nSPS) is 16.8. The highest BCUT2D eigenvalue weighted by Crippen LogP contribution is 2.43. The second kappa shape index (κ2) is 7.15. The molecule has 1 unspecified atom stereocenters. The molecule has 28 heavy (non-hydrogen) atoms. The number of amides is 1. The van der Waals surface area contributed by atoms with E-state index < -0.39 is 11.7 Å². The predicted molar refractivity (Wildman–Crippen MR) is 102 cm³/mol. The first kappa shape index (κ1) is 18.3. The number of hydrogen-bond acceptors (Lipinski definition) is 1. The molecule has 142 valence electrons. The molecular weight excluding hydrogens is 363 g/mol. The van der Waals surface area contributed by atoms with E-state index in [1.165, 1.54) is 11.0 Å². The van der Waals surface area contributed by atoms with E-state index in [-0.39, 0.29) is 24.8 Å². The molecule has 0 saturated carbocycles. The summed E-state index contributed by atoms with van der Waals surface area (Å²) in [5, 5.41) is 0. The van der Waals surface area contributed by atoms with Crippen LogP contribution in [0.3, 0.4) is 0 Å². The highest BCUT2D eigenvalue weighted by molar-refractivity contribution is 5.97. The third-order valence-electron chi connectivity index (χ3n) is 5.09. The molecule has 1 heterocycles. The second-order valence-electron chi connectivity index (χ2n) is 6.90. The van der Waals surface area contributed by atoms with Crippen molar-refractivity contribution in [1.82, 2.24) is 0 Å². The zero-order chi connectivity index (χ0) is 19.7. The summed E-state index contributed by atoms with van der Waals surface area (Å²) in [7, 11) is 0. The van der Waals surface area contributed by atoms with Crippen LogP contribution >= 0.6 is 0 Å². The minimum Gasteiger partial charge on any atom is -0.308 e. The Bertz CT molecular complexity index is 984. The Hall–Kier alpha value is -3.08. The largest absolute Gasteiger partial charge is 0.416 e. The van der Waals surface area contributed by atoms with Crippen molar-refractivity contribution in [2.24, 2.45) is 0 Å². The molecule has 4 rings (SSSR count). The summed E-state index contributed by atoms with van der Waals surface area (Å²) in [5.74, 6) is -0.428. The number of benzene rings is 3. The van der Waals surface area contributed by atoms with E-state index in [0.717, 1.165) is 28.8 Å². The topological polar surface area (TPSA) is 20.3 Å². The fourth-order valence-corrected chi connectivity index (χ4v) is 3.70. The second-order valence-corrected chi connectivity index (χ2v) is 6.90. The van der Waals surface area contributed by atoms with Crippen molar-refractivity contribution in [1.29, 1.82) is 0 Å². The molecule has 0 spiro atoms. The lowest BCUT2D eigenvalue weighted by Gasteiger charge is -2.35. The Labute approximate surface area is 161 Å². The van der Waals surface area contributed by atoms with Crippen LogP contribution in [0.25, 0.3) is 0 Å². The fraction of sp³-hybridized carbons (Fsp3) is 0.174. The van der Waals surface area contributed by atoms with Crippen LogP contribution in [0.5, 0.6) is 0 Å². The highest BCUT2D eigenvalue weighted by atomic mass is 19.4. The number of anilines is 1. The van der Waals surface area contributed by atoms with E-state index in [0.29, 0.717) is 5.69 Å². The molecule has 0 fully saturated rings. The molecule has 0 aliphatic carbocycles. The number of hydrogen-bond donors (Lipinski definition) is 0. The first-order chi connectivity index (χ1) is 13.4. The van der Waals surface area contributed by atoms with Gasteiger partial charge in [-0.3, -0.25) is 4.79 Å². The van der Waals surface area contributed by atoms with Crippen LogP contribution < -0.4 is 4.90 Å². The van der Waals surface area contributed by atoms with E-state index in [2.05, 4.69) is 0 Å². The summed E-state index contributed by atoms with van der Waals surface area (Å²) in [6.07, 6.45) is -4.23. The van der Waals surface area contributed by atoms with E-state index in [1.54, 1.807) is 0 Å². The van der Waals surface area contributed by atoms with Crippen LogP contribution in [-0.4, -0.2) is 5.91 Å². The quantitative estimate of drug-likeness (QED) is 0.564. The van der Waals surface area contributed by atoms with Gasteiger partial charge in [-0.25, -0.2) is 0 Å². The molecule has 1 aliphatic rings. The predicted octanol–water partition coefficient (Wildman–Crippen LogP) is 5.77. The molecular formula is C23H18F3NO. The van der Waals surface area contributed by atoms with Gasteiger partial charge in [0, 0.05) is 18.0 Å². The van der Waals surface area contributed by atoms with Gasteiger partial charge >= 0.3 is 6.18 Å². The first-order valence-electron chi connectivity index (χ1n) is 9.04. The van der Waals surface area contributed by atoms with Crippen molar-refractivity contribution in [2.45, 2.75) is 25.1 Å². The number of rotatable bonds is 3. The zero-order valence-electron chi connectivity index (χ0n) is 15.0. The van der Waals surface area contributed by atoms with Crippen molar-refractivity contribution in [2.75, 3.05) is 4.90 Å². The number of alkyl halides is 3. The maximum atomic E-state index is 13.3. The summed E-state index contributed by atoms with van der Waals surface area (Å²) in [6.45, 7) is 0.246. The summed E-state index contributed by atoms with van der Waals surface area (Å²) < 4.78 is 40.0. The number of fused-ring (bicyclic) bond motifs is 1. The molecule has 0 N–H and O–H groups in total. The third-order valence-corrected chi connectivity index (χ3v) is 5.09. The number of halogens is 3. The minimum absolute atomic E-state index is 0.176. The Morgan fingerprint density at radius 2 is 1.54 bits per heavy atom. The lowest BCUT2D eigenvalue weighted by molar-refractivity contribution is -0.137. The highest BCUT2D eigenvalue weighted by Gasteiger charge is 2.36. The molecule has 1 atom stereocenters. The molecule has 0 saturated heterocycles. The van der Waals surface area contributed by atoms with Gasteiger partial charge in [0.15, 0.2) is 0 Å². The van der Waals surface area contributed by atoms with E-state index >= 15 is 0 Å². The maximum absolute atomic E-state index is 13.3. The van der Waals surface area contributed by atoms with Crippen molar-refractivity contribution >= 4 is 11.6 Å². The number of carbonyl (C=O) groups is 1. The average molecular weight is 381 g/mol. The smallest absolute Gasteiger partial charge is 0.308 e. The number of nitrogens with zero attached hydrogens (tertiary/aromatic N) is 1. The van der Waals surface area contributed by atoms with Gasteiger partial charge in [-0.1, -0.05) is 66.7 Å². The molecule has 0 radical (unpaired) electrons.